The van der Waals surface area contributed by atoms with Crippen molar-refractivity contribution in [2.24, 2.45) is 5.92 Å². The number of hydrogen-bond acceptors (Lipinski definition) is 2. The first-order valence-corrected chi connectivity index (χ1v) is 8.29. The molecular formula is C17H29N3. The summed E-state index contributed by atoms with van der Waals surface area (Å²) in [5.41, 5.74) is 2.93. The van der Waals surface area contributed by atoms with Gasteiger partial charge in [-0.25, -0.2) is 4.98 Å². The lowest BCUT2D eigenvalue weighted by molar-refractivity contribution is 0.327. The fraction of sp³-hybridized carbons (Fsp3) is 0.824. The van der Waals surface area contributed by atoms with Gasteiger partial charge in [0.2, 0.25) is 0 Å². The molecule has 1 saturated carbocycles. The van der Waals surface area contributed by atoms with E-state index in [0.717, 1.165) is 25.4 Å². The van der Waals surface area contributed by atoms with Gasteiger partial charge in [0, 0.05) is 36.7 Å². The van der Waals surface area contributed by atoms with Crippen LogP contribution in [-0.4, -0.2) is 16.1 Å². The monoisotopic (exact) mass is 275 g/mol. The minimum atomic E-state index is 0.129. The van der Waals surface area contributed by atoms with E-state index < -0.39 is 0 Å². The Kier molecular flexibility index (Phi) is 3.65. The van der Waals surface area contributed by atoms with Crippen LogP contribution >= 0.6 is 0 Å². The average Bonchev–Trinajstić information content (AvgIpc) is 3.04. The fourth-order valence-corrected chi connectivity index (χ4v) is 3.95. The van der Waals surface area contributed by atoms with Crippen molar-refractivity contribution < 1.29 is 0 Å². The molecule has 0 radical (unpaired) electrons. The van der Waals surface area contributed by atoms with E-state index in [9.17, 15) is 0 Å². The molecule has 3 rings (SSSR count). The number of fused-ring (bicyclic) bond motifs is 1. The third kappa shape index (κ3) is 2.41. The lowest BCUT2D eigenvalue weighted by atomic mass is 9.93. The van der Waals surface area contributed by atoms with E-state index in [1.807, 2.05) is 0 Å². The number of nitrogens with zero attached hydrogens (tertiary/aromatic N) is 2. The van der Waals surface area contributed by atoms with Gasteiger partial charge in [-0.1, -0.05) is 33.6 Å². The molecule has 2 aliphatic rings. The van der Waals surface area contributed by atoms with Crippen LogP contribution in [-0.2, 0) is 18.4 Å². The van der Waals surface area contributed by atoms with Crippen molar-refractivity contribution in [1.29, 1.82) is 0 Å². The van der Waals surface area contributed by atoms with Gasteiger partial charge in [0.05, 0.1) is 5.69 Å². The van der Waals surface area contributed by atoms with Crippen LogP contribution in [0.1, 0.15) is 76.6 Å². The molecule has 0 amide bonds. The first kappa shape index (κ1) is 14.1. The Hall–Kier alpha value is -0.830. The van der Waals surface area contributed by atoms with Gasteiger partial charge in [-0.3, -0.25) is 0 Å². The van der Waals surface area contributed by atoms with Crippen molar-refractivity contribution in [3.8, 4) is 0 Å². The van der Waals surface area contributed by atoms with Crippen LogP contribution in [0.4, 0.5) is 0 Å². The number of hydrogen-bond donors (Lipinski definition) is 1. The second-order valence-corrected chi connectivity index (χ2v) is 7.66. The minimum Gasteiger partial charge on any atom is -0.328 e. The molecule has 112 valence electrons. The van der Waals surface area contributed by atoms with Crippen LogP contribution < -0.4 is 5.32 Å². The first-order valence-electron chi connectivity index (χ1n) is 8.29. The molecule has 1 N–H and O–H groups in total. The molecule has 0 spiro atoms. The number of aromatic nitrogens is 2. The zero-order valence-electron chi connectivity index (χ0n) is 13.5. The van der Waals surface area contributed by atoms with Gasteiger partial charge in [-0.2, -0.15) is 0 Å². The van der Waals surface area contributed by atoms with Crippen LogP contribution in [0.5, 0.6) is 0 Å². The molecule has 1 aromatic heterocycles. The molecule has 1 aromatic rings. The molecule has 1 unspecified atom stereocenters. The standard InChI is InChI=1S/C17H29N3/c1-12(13-7-5-6-8-13)20-15-9-10-18-11-14(15)19-16(20)17(2,3)4/h12-13,18H,5-11H2,1-4H3. The second kappa shape index (κ2) is 5.18. The third-order valence-corrected chi connectivity index (χ3v) is 5.08. The van der Waals surface area contributed by atoms with Gasteiger partial charge in [-0.15, -0.1) is 0 Å². The van der Waals surface area contributed by atoms with Gasteiger partial charge in [0.1, 0.15) is 5.82 Å². The summed E-state index contributed by atoms with van der Waals surface area (Å²) < 4.78 is 2.62. The molecule has 1 atom stereocenters. The van der Waals surface area contributed by atoms with Crippen LogP contribution in [0.25, 0.3) is 0 Å². The van der Waals surface area contributed by atoms with Crippen LogP contribution in [0, 0.1) is 5.92 Å². The maximum Gasteiger partial charge on any atom is 0.114 e. The predicted molar refractivity (Wildman–Crippen MR) is 83.0 cm³/mol. The summed E-state index contributed by atoms with van der Waals surface area (Å²) >= 11 is 0. The number of imidazole rings is 1. The van der Waals surface area contributed by atoms with Crippen molar-refractivity contribution in [3.63, 3.8) is 0 Å². The Morgan fingerprint density at radius 1 is 1.25 bits per heavy atom. The SMILES string of the molecule is CC(C1CCCC1)n1c(C(C)(C)C)nc2c1CCNC2. The van der Waals surface area contributed by atoms with Crippen LogP contribution in [0.15, 0.2) is 0 Å². The highest BCUT2D eigenvalue weighted by atomic mass is 15.2. The minimum absolute atomic E-state index is 0.129. The summed E-state index contributed by atoms with van der Waals surface area (Å²) in [5.74, 6) is 2.15. The third-order valence-electron chi connectivity index (χ3n) is 5.08. The van der Waals surface area contributed by atoms with Crippen LogP contribution in [0.3, 0.4) is 0 Å². The molecule has 1 fully saturated rings. The summed E-state index contributed by atoms with van der Waals surface area (Å²) in [7, 11) is 0. The normalized spacial score (nSPS) is 22.0. The summed E-state index contributed by atoms with van der Waals surface area (Å²) in [6.45, 7) is 11.4. The molecule has 3 heteroatoms. The molecular weight excluding hydrogens is 246 g/mol. The quantitative estimate of drug-likeness (QED) is 0.894. The summed E-state index contributed by atoms with van der Waals surface area (Å²) in [6, 6.07) is 0.612. The molecule has 20 heavy (non-hydrogen) atoms. The van der Waals surface area contributed by atoms with E-state index in [2.05, 4.69) is 37.6 Å². The average molecular weight is 275 g/mol. The maximum absolute atomic E-state index is 5.01. The van der Waals surface area contributed by atoms with Crippen LogP contribution in [0.2, 0.25) is 0 Å². The van der Waals surface area contributed by atoms with E-state index >= 15 is 0 Å². The smallest absolute Gasteiger partial charge is 0.114 e. The fourth-order valence-electron chi connectivity index (χ4n) is 3.95. The maximum atomic E-state index is 5.01. The van der Waals surface area contributed by atoms with E-state index in [-0.39, 0.29) is 5.41 Å². The van der Waals surface area contributed by atoms with Gasteiger partial charge >= 0.3 is 0 Å². The van der Waals surface area contributed by atoms with E-state index in [1.165, 1.54) is 42.9 Å². The van der Waals surface area contributed by atoms with Crippen molar-refractivity contribution in [1.82, 2.24) is 14.9 Å². The highest BCUT2D eigenvalue weighted by Crippen LogP contribution is 2.38. The Bertz CT molecular complexity index is 475. The highest BCUT2D eigenvalue weighted by molar-refractivity contribution is 5.24. The summed E-state index contributed by atoms with van der Waals surface area (Å²) in [5, 5.41) is 3.47. The second-order valence-electron chi connectivity index (χ2n) is 7.66. The van der Waals surface area contributed by atoms with E-state index in [0.29, 0.717) is 6.04 Å². The molecule has 0 aromatic carbocycles. The molecule has 1 aliphatic carbocycles. The Labute approximate surface area is 123 Å². The lowest BCUT2D eigenvalue weighted by Gasteiger charge is -2.29. The topological polar surface area (TPSA) is 29.9 Å². The highest BCUT2D eigenvalue weighted by Gasteiger charge is 2.32. The summed E-state index contributed by atoms with van der Waals surface area (Å²) in [6.07, 6.45) is 6.76. The van der Waals surface area contributed by atoms with Crippen molar-refractivity contribution in [3.05, 3.63) is 17.2 Å². The van der Waals surface area contributed by atoms with Gasteiger partial charge in [0.15, 0.2) is 0 Å². The zero-order valence-corrected chi connectivity index (χ0v) is 13.5. The van der Waals surface area contributed by atoms with Gasteiger partial charge < -0.3 is 9.88 Å². The van der Waals surface area contributed by atoms with E-state index in [1.54, 1.807) is 0 Å². The molecule has 0 bridgehead atoms. The molecule has 0 saturated heterocycles. The zero-order chi connectivity index (χ0) is 14.3. The molecule has 1 aliphatic heterocycles. The molecule has 2 heterocycles. The molecule has 3 nitrogen and oxygen atoms in total. The Balaban J connectivity index is 2.04. The van der Waals surface area contributed by atoms with Gasteiger partial charge in [-0.05, 0) is 25.7 Å². The van der Waals surface area contributed by atoms with Gasteiger partial charge in [0.25, 0.3) is 0 Å². The van der Waals surface area contributed by atoms with Crippen molar-refractivity contribution in [2.75, 3.05) is 6.54 Å². The predicted octanol–water partition coefficient (Wildman–Crippen LogP) is 3.58. The Morgan fingerprint density at radius 3 is 2.60 bits per heavy atom. The number of rotatable bonds is 2. The first-order chi connectivity index (χ1) is 9.48. The van der Waals surface area contributed by atoms with E-state index in [4.69, 9.17) is 4.98 Å². The van der Waals surface area contributed by atoms with Crippen molar-refractivity contribution in [2.45, 2.75) is 77.8 Å². The lowest BCUT2D eigenvalue weighted by Crippen LogP contribution is -2.28. The largest absolute Gasteiger partial charge is 0.328 e. The Morgan fingerprint density at radius 2 is 1.95 bits per heavy atom. The van der Waals surface area contributed by atoms with Crippen molar-refractivity contribution >= 4 is 0 Å². The number of nitrogens with one attached hydrogen (secondary N) is 1. The summed E-state index contributed by atoms with van der Waals surface area (Å²) in [4.78, 5) is 5.01.